The van der Waals surface area contributed by atoms with E-state index in [-0.39, 0.29) is 11.7 Å². The number of carbonyl (C=O) groups is 1. The van der Waals surface area contributed by atoms with Crippen molar-refractivity contribution in [1.29, 1.82) is 0 Å². The van der Waals surface area contributed by atoms with Crippen LogP contribution in [0.3, 0.4) is 0 Å². The van der Waals surface area contributed by atoms with Crippen LogP contribution in [0.5, 0.6) is 11.5 Å². The molecule has 1 N–H and O–H groups in total. The Labute approximate surface area is 182 Å². The molecule has 0 unspecified atom stereocenters. The molecule has 2 aromatic carbocycles. The second kappa shape index (κ2) is 9.69. The normalized spacial score (nSPS) is 11.4. The molecular weight excluding hydrogens is 394 g/mol. The molecule has 3 aromatic rings. The average molecular weight is 424 g/mol. The first-order valence-electron chi connectivity index (χ1n) is 10.4. The molecule has 0 aliphatic rings. The number of rotatable bonds is 9. The van der Waals surface area contributed by atoms with Crippen LogP contribution in [0.1, 0.15) is 37.8 Å². The molecule has 6 heteroatoms. The van der Waals surface area contributed by atoms with Crippen LogP contribution in [0.2, 0.25) is 0 Å². The second-order valence-electron chi connectivity index (χ2n) is 8.09. The van der Waals surface area contributed by atoms with E-state index in [1.165, 1.54) is 0 Å². The van der Waals surface area contributed by atoms with Crippen molar-refractivity contribution in [1.82, 2.24) is 4.98 Å². The van der Waals surface area contributed by atoms with Gasteiger partial charge in [-0.15, -0.1) is 0 Å². The highest BCUT2D eigenvalue weighted by Gasteiger charge is 2.29. The van der Waals surface area contributed by atoms with Gasteiger partial charge in [-0.1, -0.05) is 12.1 Å². The van der Waals surface area contributed by atoms with E-state index in [9.17, 15) is 9.90 Å². The van der Waals surface area contributed by atoms with Gasteiger partial charge in [0.2, 0.25) is 5.89 Å². The summed E-state index contributed by atoms with van der Waals surface area (Å²) in [4.78, 5) is 16.6. The fourth-order valence-electron chi connectivity index (χ4n) is 3.27. The van der Waals surface area contributed by atoms with E-state index in [4.69, 9.17) is 13.9 Å². The van der Waals surface area contributed by atoms with E-state index in [2.05, 4.69) is 4.98 Å². The van der Waals surface area contributed by atoms with Crippen molar-refractivity contribution in [2.24, 2.45) is 5.41 Å². The minimum Gasteiger partial charge on any atom is -0.508 e. The standard InChI is InChI=1S/C25H29NO5/c1-5-29-24(28)25(3,4)16-18-6-12-21(13-7-18)30-15-14-22-17(2)31-23(26-22)19-8-10-20(27)11-9-19/h6-13,27H,5,14-16H2,1-4H3. The van der Waals surface area contributed by atoms with Gasteiger partial charge in [0.05, 0.1) is 24.3 Å². The van der Waals surface area contributed by atoms with Crippen molar-refractivity contribution >= 4 is 5.97 Å². The van der Waals surface area contributed by atoms with Gasteiger partial charge in [-0.25, -0.2) is 4.98 Å². The fourth-order valence-corrected chi connectivity index (χ4v) is 3.27. The van der Waals surface area contributed by atoms with Gasteiger partial charge in [-0.2, -0.15) is 0 Å². The first kappa shape index (κ1) is 22.4. The first-order chi connectivity index (χ1) is 14.8. The largest absolute Gasteiger partial charge is 0.508 e. The lowest BCUT2D eigenvalue weighted by Crippen LogP contribution is -2.28. The Morgan fingerprint density at radius 3 is 2.42 bits per heavy atom. The highest BCUT2D eigenvalue weighted by Crippen LogP contribution is 2.26. The monoisotopic (exact) mass is 423 g/mol. The number of esters is 1. The van der Waals surface area contributed by atoms with Gasteiger partial charge in [0, 0.05) is 12.0 Å². The van der Waals surface area contributed by atoms with Gasteiger partial charge in [0.25, 0.3) is 0 Å². The molecule has 1 aromatic heterocycles. The van der Waals surface area contributed by atoms with Crippen LogP contribution < -0.4 is 4.74 Å². The fraction of sp³-hybridized carbons (Fsp3) is 0.360. The highest BCUT2D eigenvalue weighted by molar-refractivity contribution is 5.76. The Hall–Kier alpha value is -3.28. The molecule has 0 saturated carbocycles. The van der Waals surface area contributed by atoms with Gasteiger partial charge in [-0.3, -0.25) is 4.79 Å². The molecule has 164 valence electrons. The minimum atomic E-state index is -0.571. The molecule has 0 fully saturated rings. The van der Waals surface area contributed by atoms with E-state index in [1.54, 1.807) is 24.3 Å². The number of nitrogens with zero attached hydrogens (tertiary/aromatic N) is 1. The summed E-state index contributed by atoms with van der Waals surface area (Å²) < 4.78 is 16.8. The molecule has 0 spiro atoms. The topological polar surface area (TPSA) is 81.8 Å². The Balaban J connectivity index is 1.54. The number of phenolic OH excluding ortho intramolecular Hbond substituents is 1. The van der Waals surface area contributed by atoms with E-state index in [0.717, 1.165) is 28.3 Å². The number of carbonyl (C=O) groups excluding carboxylic acids is 1. The highest BCUT2D eigenvalue weighted by atomic mass is 16.5. The lowest BCUT2D eigenvalue weighted by atomic mass is 9.86. The predicted molar refractivity (Wildman–Crippen MR) is 118 cm³/mol. The summed E-state index contributed by atoms with van der Waals surface area (Å²) >= 11 is 0. The molecule has 0 aliphatic heterocycles. The molecule has 1 heterocycles. The summed E-state index contributed by atoms with van der Waals surface area (Å²) in [5, 5.41) is 9.42. The van der Waals surface area contributed by atoms with Crippen LogP contribution in [0.15, 0.2) is 52.9 Å². The minimum absolute atomic E-state index is 0.190. The smallest absolute Gasteiger partial charge is 0.311 e. The van der Waals surface area contributed by atoms with E-state index >= 15 is 0 Å². The van der Waals surface area contributed by atoms with Crippen LogP contribution in [-0.4, -0.2) is 29.3 Å². The maximum absolute atomic E-state index is 12.1. The number of hydrogen-bond acceptors (Lipinski definition) is 6. The molecule has 31 heavy (non-hydrogen) atoms. The molecular formula is C25H29NO5. The van der Waals surface area contributed by atoms with Crippen molar-refractivity contribution in [2.45, 2.75) is 40.5 Å². The van der Waals surface area contributed by atoms with Gasteiger partial charge in [0.15, 0.2) is 0 Å². The summed E-state index contributed by atoms with van der Waals surface area (Å²) in [6.45, 7) is 8.33. The van der Waals surface area contributed by atoms with Crippen molar-refractivity contribution in [3.8, 4) is 23.0 Å². The molecule has 0 bridgehead atoms. The lowest BCUT2D eigenvalue weighted by Gasteiger charge is -2.22. The van der Waals surface area contributed by atoms with Gasteiger partial charge in [0.1, 0.15) is 17.3 Å². The molecule has 3 rings (SSSR count). The summed E-state index contributed by atoms with van der Waals surface area (Å²) in [6.07, 6.45) is 1.22. The number of aromatic nitrogens is 1. The van der Waals surface area contributed by atoms with Crippen LogP contribution in [-0.2, 0) is 22.4 Å². The van der Waals surface area contributed by atoms with Gasteiger partial charge >= 0.3 is 5.97 Å². The third-order valence-corrected chi connectivity index (χ3v) is 5.01. The number of benzene rings is 2. The quantitative estimate of drug-likeness (QED) is 0.482. The number of aryl methyl sites for hydroxylation is 1. The summed E-state index contributed by atoms with van der Waals surface area (Å²) in [5.74, 6) is 2.06. The van der Waals surface area contributed by atoms with E-state index in [1.807, 2.05) is 52.0 Å². The van der Waals surface area contributed by atoms with E-state index < -0.39 is 5.41 Å². The molecule has 0 radical (unpaired) electrons. The third kappa shape index (κ3) is 5.87. The molecule has 0 atom stereocenters. The number of aromatic hydroxyl groups is 1. The Kier molecular flexibility index (Phi) is 7.00. The SMILES string of the molecule is CCOC(=O)C(C)(C)Cc1ccc(OCCc2nc(-c3ccc(O)cc3)oc2C)cc1. The van der Waals surface area contributed by atoms with Gasteiger partial charge in [-0.05, 0) is 76.1 Å². The lowest BCUT2D eigenvalue weighted by molar-refractivity contribution is -0.153. The maximum Gasteiger partial charge on any atom is 0.311 e. The molecule has 0 aliphatic carbocycles. The predicted octanol–water partition coefficient (Wildman–Crippen LogP) is 5.11. The number of phenols is 1. The number of hydrogen-bond donors (Lipinski definition) is 1. The maximum atomic E-state index is 12.1. The summed E-state index contributed by atoms with van der Waals surface area (Å²) in [7, 11) is 0. The number of ether oxygens (including phenoxy) is 2. The summed E-state index contributed by atoms with van der Waals surface area (Å²) in [5.41, 5.74) is 2.14. The van der Waals surface area contributed by atoms with Crippen LogP contribution >= 0.6 is 0 Å². The zero-order valence-electron chi connectivity index (χ0n) is 18.5. The Morgan fingerprint density at radius 1 is 1.10 bits per heavy atom. The van der Waals surface area contributed by atoms with Crippen molar-refractivity contribution in [3.63, 3.8) is 0 Å². The summed E-state index contributed by atoms with van der Waals surface area (Å²) in [6, 6.07) is 14.5. The Morgan fingerprint density at radius 2 is 1.77 bits per heavy atom. The zero-order valence-corrected chi connectivity index (χ0v) is 18.5. The Bertz CT molecular complexity index is 1000. The third-order valence-electron chi connectivity index (χ3n) is 5.01. The zero-order chi connectivity index (χ0) is 22.4. The van der Waals surface area contributed by atoms with Crippen molar-refractivity contribution in [3.05, 3.63) is 65.5 Å². The second-order valence-corrected chi connectivity index (χ2v) is 8.09. The van der Waals surface area contributed by atoms with Crippen LogP contribution in [0.4, 0.5) is 0 Å². The van der Waals surface area contributed by atoms with Crippen molar-refractivity contribution < 1.29 is 23.8 Å². The number of oxazole rings is 1. The van der Waals surface area contributed by atoms with Crippen molar-refractivity contribution in [2.75, 3.05) is 13.2 Å². The van der Waals surface area contributed by atoms with Crippen LogP contribution in [0.25, 0.3) is 11.5 Å². The molecule has 0 saturated heterocycles. The molecule has 0 amide bonds. The van der Waals surface area contributed by atoms with Gasteiger partial charge < -0.3 is 19.0 Å². The van der Waals surface area contributed by atoms with E-state index in [0.29, 0.717) is 31.9 Å². The first-order valence-corrected chi connectivity index (χ1v) is 10.4. The average Bonchev–Trinajstić information content (AvgIpc) is 3.10. The van der Waals surface area contributed by atoms with Crippen LogP contribution in [0, 0.1) is 12.3 Å². The molecule has 6 nitrogen and oxygen atoms in total.